The van der Waals surface area contributed by atoms with E-state index < -0.39 is 17.0 Å². The van der Waals surface area contributed by atoms with Crippen molar-refractivity contribution in [2.75, 3.05) is 0 Å². The van der Waals surface area contributed by atoms with E-state index in [1.54, 1.807) is 19.1 Å². The molecule has 0 heterocycles. The zero-order valence-electron chi connectivity index (χ0n) is 12.0. The Balaban J connectivity index is 2.71. The van der Waals surface area contributed by atoms with E-state index in [1.165, 1.54) is 12.1 Å². The van der Waals surface area contributed by atoms with E-state index in [4.69, 9.17) is 0 Å². The van der Waals surface area contributed by atoms with Crippen LogP contribution in [0, 0.1) is 24.4 Å². The molecule has 0 saturated heterocycles. The second-order valence-electron chi connectivity index (χ2n) is 6.01. The van der Waals surface area contributed by atoms with Gasteiger partial charge in [-0.1, -0.05) is 32.9 Å². The summed E-state index contributed by atoms with van der Waals surface area (Å²) in [7, 11) is 0. The van der Waals surface area contributed by atoms with E-state index in [0.29, 0.717) is 16.7 Å². The number of hydrogen-bond donors (Lipinski definition) is 0. The molecule has 0 unspecified atom stereocenters. The molecular formula is C17H17F3. The quantitative estimate of drug-likeness (QED) is 0.657. The maximum absolute atomic E-state index is 14.2. The first-order chi connectivity index (χ1) is 9.21. The van der Waals surface area contributed by atoms with Crippen LogP contribution in [0.15, 0.2) is 30.3 Å². The molecule has 3 heteroatoms. The molecule has 2 aromatic carbocycles. The fourth-order valence-corrected chi connectivity index (χ4v) is 2.20. The molecule has 0 spiro atoms. The lowest BCUT2D eigenvalue weighted by Crippen LogP contribution is -2.14. The summed E-state index contributed by atoms with van der Waals surface area (Å²) >= 11 is 0. The van der Waals surface area contributed by atoms with Crippen molar-refractivity contribution in [2.24, 2.45) is 0 Å². The second kappa shape index (κ2) is 4.97. The third kappa shape index (κ3) is 2.58. The van der Waals surface area contributed by atoms with E-state index >= 15 is 0 Å². The Bertz CT molecular complexity index is 652. The molecule has 0 aliphatic carbocycles. The molecule has 0 bridgehead atoms. The van der Waals surface area contributed by atoms with Gasteiger partial charge in [0.05, 0.1) is 0 Å². The topological polar surface area (TPSA) is 0 Å². The van der Waals surface area contributed by atoms with Gasteiger partial charge in [0.15, 0.2) is 11.6 Å². The molecule has 20 heavy (non-hydrogen) atoms. The van der Waals surface area contributed by atoms with Gasteiger partial charge in [0, 0.05) is 5.56 Å². The Kier molecular flexibility index (Phi) is 3.63. The van der Waals surface area contributed by atoms with Gasteiger partial charge in [-0.3, -0.25) is 0 Å². The van der Waals surface area contributed by atoms with Crippen molar-refractivity contribution in [2.45, 2.75) is 33.1 Å². The molecule has 0 saturated carbocycles. The lowest BCUT2D eigenvalue weighted by molar-refractivity contribution is 0.510. The lowest BCUT2D eigenvalue weighted by atomic mass is 9.83. The van der Waals surface area contributed by atoms with E-state index in [9.17, 15) is 13.2 Å². The van der Waals surface area contributed by atoms with Crippen LogP contribution in [0.3, 0.4) is 0 Å². The summed E-state index contributed by atoms with van der Waals surface area (Å²) in [4.78, 5) is 0. The Labute approximate surface area is 117 Å². The minimum absolute atomic E-state index is 0.151. The fraction of sp³-hybridized carbons (Fsp3) is 0.294. The number of halogens is 3. The predicted molar refractivity (Wildman–Crippen MR) is 75.2 cm³/mol. The van der Waals surface area contributed by atoms with Crippen molar-refractivity contribution in [3.63, 3.8) is 0 Å². The smallest absolute Gasteiger partial charge is 0.166 e. The van der Waals surface area contributed by atoms with Crippen LogP contribution in [0.1, 0.15) is 31.9 Å². The lowest BCUT2D eigenvalue weighted by Gasteiger charge is -2.22. The van der Waals surface area contributed by atoms with Crippen molar-refractivity contribution in [3.05, 3.63) is 58.9 Å². The molecule has 0 atom stereocenters. The van der Waals surface area contributed by atoms with Gasteiger partial charge in [0.2, 0.25) is 0 Å². The largest absolute Gasteiger partial charge is 0.206 e. The standard InChI is InChI=1S/C17H17F3/c1-10-8-11(9-13(15(10)19)17(2,3)4)12-6-5-7-14(18)16(12)20/h5-9H,1-4H3. The summed E-state index contributed by atoms with van der Waals surface area (Å²) in [6.45, 7) is 7.29. The number of rotatable bonds is 1. The normalized spacial score (nSPS) is 11.8. The molecule has 2 rings (SSSR count). The van der Waals surface area contributed by atoms with Crippen LogP contribution in [0.2, 0.25) is 0 Å². The minimum atomic E-state index is -0.904. The first kappa shape index (κ1) is 14.6. The molecule has 0 N–H and O–H groups in total. The summed E-state index contributed by atoms with van der Waals surface area (Å²) in [6, 6.07) is 7.16. The summed E-state index contributed by atoms with van der Waals surface area (Å²) in [6.07, 6.45) is 0. The Morgan fingerprint density at radius 1 is 0.900 bits per heavy atom. The molecule has 0 aromatic heterocycles. The van der Waals surface area contributed by atoms with E-state index in [1.807, 2.05) is 20.8 Å². The van der Waals surface area contributed by atoms with Crippen molar-refractivity contribution >= 4 is 0 Å². The molecule has 2 aromatic rings. The first-order valence-electron chi connectivity index (χ1n) is 6.47. The summed E-state index contributed by atoms with van der Waals surface area (Å²) < 4.78 is 41.4. The molecule has 106 valence electrons. The Hall–Kier alpha value is -1.77. The van der Waals surface area contributed by atoms with Gasteiger partial charge < -0.3 is 0 Å². The van der Waals surface area contributed by atoms with Gasteiger partial charge in [-0.15, -0.1) is 0 Å². The minimum Gasteiger partial charge on any atom is -0.206 e. The van der Waals surface area contributed by atoms with Crippen LogP contribution in [0.25, 0.3) is 11.1 Å². The van der Waals surface area contributed by atoms with Crippen molar-refractivity contribution in [3.8, 4) is 11.1 Å². The molecule has 0 nitrogen and oxygen atoms in total. The molecule has 0 fully saturated rings. The highest BCUT2D eigenvalue weighted by Gasteiger charge is 2.22. The fourth-order valence-electron chi connectivity index (χ4n) is 2.20. The van der Waals surface area contributed by atoms with Crippen LogP contribution in [0.4, 0.5) is 13.2 Å². The second-order valence-corrected chi connectivity index (χ2v) is 6.01. The molecule has 0 aliphatic heterocycles. The van der Waals surface area contributed by atoms with Gasteiger partial charge in [-0.2, -0.15) is 0 Å². The molecule has 0 aliphatic rings. The highest BCUT2D eigenvalue weighted by molar-refractivity contribution is 5.66. The van der Waals surface area contributed by atoms with Gasteiger partial charge in [0.1, 0.15) is 5.82 Å². The first-order valence-corrected chi connectivity index (χ1v) is 6.47. The third-order valence-electron chi connectivity index (χ3n) is 3.33. The maximum atomic E-state index is 14.2. The van der Waals surface area contributed by atoms with Gasteiger partial charge in [-0.25, -0.2) is 13.2 Å². The van der Waals surface area contributed by atoms with Crippen molar-refractivity contribution < 1.29 is 13.2 Å². The Morgan fingerprint density at radius 2 is 1.55 bits per heavy atom. The average molecular weight is 278 g/mol. The zero-order valence-corrected chi connectivity index (χ0v) is 12.0. The zero-order chi connectivity index (χ0) is 15.1. The Morgan fingerprint density at radius 3 is 2.15 bits per heavy atom. The summed E-state index contributed by atoms with van der Waals surface area (Å²) in [5.41, 5.74) is 1.16. The van der Waals surface area contributed by atoms with Crippen LogP contribution in [-0.2, 0) is 5.41 Å². The number of benzene rings is 2. The van der Waals surface area contributed by atoms with E-state index in [0.717, 1.165) is 6.07 Å². The molecule has 0 amide bonds. The van der Waals surface area contributed by atoms with Crippen LogP contribution in [-0.4, -0.2) is 0 Å². The highest BCUT2D eigenvalue weighted by atomic mass is 19.2. The van der Waals surface area contributed by atoms with Gasteiger partial charge in [-0.05, 0) is 47.2 Å². The van der Waals surface area contributed by atoms with Crippen LogP contribution < -0.4 is 0 Å². The predicted octanol–water partition coefficient (Wildman–Crippen LogP) is 5.38. The monoisotopic (exact) mass is 278 g/mol. The number of aryl methyl sites for hydroxylation is 1. The average Bonchev–Trinajstić information content (AvgIpc) is 2.34. The van der Waals surface area contributed by atoms with E-state index in [-0.39, 0.29) is 11.4 Å². The maximum Gasteiger partial charge on any atom is 0.166 e. The summed E-state index contributed by atoms with van der Waals surface area (Å²) in [5, 5.41) is 0. The van der Waals surface area contributed by atoms with Crippen LogP contribution in [0.5, 0.6) is 0 Å². The molecular weight excluding hydrogens is 261 g/mol. The number of hydrogen-bond acceptors (Lipinski definition) is 0. The van der Waals surface area contributed by atoms with Gasteiger partial charge >= 0.3 is 0 Å². The van der Waals surface area contributed by atoms with Gasteiger partial charge in [0.25, 0.3) is 0 Å². The highest BCUT2D eigenvalue weighted by Crippen LogP contribution is 2.33. The van der Waals surface area contributed by atoms with Crippen molar-refractivity contribution in [1.29, 1.82) is 0 Å². The SMILES string of the molecule is Cc1cc(-c2cccc(F)c2F)cc(C(C)(C)C)c1F. The van der Waals surface area contributed by atoms with Crippen LogP contribution >= 0.6 is 0 Å². The van der Waals surface area contributed by atoms with E-state index in [2.05, 4.69) is 0 Å². The third-order valence-corrected chi connectivity index (χ3v) is 3.33. The van der Waals surface area contributed by atoms with Crippen molar-refractivity contribution in [1.82, 2.24) is 0 Å². The summed E-state index contributed by atoms with van der Waals surface area (Å²) in [5.74, 6) is -2.10. The molecule has 0 radical (unpaired) electrons.